The van der Waals surface area contributed by atoms with E-state index < -0.39 is 6.04 Å². The first-order valence-electron chi connectivity index (χ1n) is 5.96. The molecule has 0 radical (unpaired) electrons. The second-order valence-electron chi connectivity index (χ2n) is 4.70. The summed E-state index contributed by atoms with van der Waals surface area (Å²) < 4.78 is 0. The molecule has 2 aliphatic heterocycles. The third kappa shape index (κ3) is 2.18. The Hall–Kier alpha value is -1.03. The molecule has 0 saturated carbocycles. The molecule has 0 aromatic rings. The summed E-state index contributed by atoms with van der Waals surface area (Å²) >= 11 is 5.75. The quantitative estimate of drug-likeness (QED) is 0.748. The van der Waals surface area contributed by atoms with Gasteiger partial charge in [-0.15, -0.1) is 0 Å². The first-order valence-corrected chi connectivity index (χ1v) is 6.34. The van der Waals surface area contributed by atoms with Gasteiger partial charge < -0.3 is 9.80 Å². The molecule has 2 unspecified atom stereocenters. The Kier molecular flexibility index (Phi) is 3.43. The van der Waals surface area contributed by atoms with Gasteiger partial charge in [0.1, 0.15) is 12.1 Å². The first kappa shape index (κ1) is 12.4. The molecule has 0 spiro atoms. The highest BCUT2D eigenvalue weighted by atomic mass is 35.5. The summed E-state index contributed by atoms with van der Waals surface area (Å²) in [4.78, 5) is 27.7. The molecule has 2 aliphatic rings. The molecule has 4 nitrogen and oxygen atoms in total. The Morgan fingerprint density at radius 2 is 2.12 bits per heavy atom. The number of hydrogen-bond donors (Lipinski definition) is 0. The topological polar surface area (TPSA) is 40.6 Å². The Bertz CT molecular complexity index is 370. The molecule has 0 aliphatic carbocycles. The van der Waals surface area contributed by atoms with Crippen LogP contribution in [0.25, 0.3) is 0 Å². The molecule has 0 aromatic heterocycles. The van der Waals surface area contributed by atoms with Crippen molar-refractivity contribution in [3.8, 4) is 0 Å². The van der Waals surface area contributed by atoms with E-state index in [1.165, 1.54) is 0 Å². The van der Waals surface area contributed by atoms with Gasteiger partial charge in [-0.25, -0.2) is 0 Å². The maximum atomic E-state index is 12.3. The van der Waals surface area contributed by atoms with Crippen LogP contribution < -0.4 is 0 Å². The highest BCUT2D eigenvalue weighted by molar-refractivity contribution is 6.29. The van der Waals surface area contributed by atoms with E-state index in [9.17, 15) is 9.59 Å². The van der Waals surface area contributed by atoms with Gasteiger partial charge in [-0.05, 0) is 26.2 Å². The fourth-order valence-corrected chi connectivity index (χ4v) is 2.74. The van der Waals surface area contributed by atoms with Crippen LogP contribution in [0.3, 0.4) is 0 Å². The normalized spacial score (nSPS) is 29.3. The van der Waals surface area contributed by atoms with E-state index in [0.29, 0.717) is 11.6 Å². The molecule has 0 N–H and O–H groups in total. The predicted octanol–water partition coefficient (Wildman–Crippen LogP) is 1.35. The smallest absolute Gasteiger partial charge is 0.246 e. The largest absolute Gasteiger partial charge is 0.329 e. The highest BCUT2D eigenvalue weighted by Crippen LogP contribution is 2.26. The van der Waals surface area contributed by atoms with Crippen LogP contribution >= 0.6 is 11.6 Å². The Labute approximate surface area is 106 Å². The zero-order valence-electron chi connectivity index (χ0n) is 9.99. The Balaban J connectivity index is 2.22. The number of halogens is 1. The zero-order valence-corrected chi connectivity index (χ0v) is 10.7. The fraction of sp³-hybridized carbons (Fsp3) is 0.667. The van der Waals surface area contributed by atoms with Crippen LogP contribution in [0.5, 0.6) is 0 Å². The fourth-order valence-electron chi connectivity index (χ4n) is 2.61. The molecule has 2 saturated heterocycles. The molecule has 2 amide bonds. The van der Waals surface area contributed by atoms with Gasteiger partial charge in [-0.3, -0.25) is 9.59 Å². The SMILES string of the molecule is C=C(Cl)CN1C(=O)C2CCCCN2C(=O)C1C. The molecule has 2 heterocycles. The molecule has 94 valence electrons. The summed E-state index contributed by atoms with van der Waals surface area (Å²) in [7, 11) is 0. The van der Waals surface area contributed by atoms with Crippen molar-refractivity contribution < 1.29 is 9.59 Å². The van der Waals surface area contributed by atoms with Crippen LogP contribution in [0.4, 0.5) is 0 Å². The molecule has 2 rings (SSSR count). The molecule has 2 fully saturated rings. The summed E-state index contributed by atoms with van der Waals surface area (Å²) in [6.45, 7) is 6.31. The Morgan fingerprint density at radius 1 is 1.41 bits per heavy atom. The highest BCUT2D eigenvalue weighted by Gasteiger charge is 2.44. The van der Waals surface area contributed by atoms with Crippen LogP contribution in [-0.2, 0) is 9.59 Å². The summed E-state index contributed by atoms with van der Waals surface area (Å²) in [6, 6.07) is -0.698. The molecular weight excluding hydrogens is 240 g/mol. The number of piperazine rings is 1. The van der Waals surface area contributed by atoms with Gasteiger partial charge in [-0.2, -0.15) is 0 Å². The molecular formula is C12H17ClN2O2. The lowest BCUT2D eigenvalue weighted by atomic mass is 9.96. The average molecular weight is 257 g/mol. The minimum absolute atomic E-state index is 0.0126. The van der Waals surface area contributed by atoms with E-state index in [0.717, 1.165) is 19.3 Å². The summed E-state index contributed by atoms with van der Waals surface area (Å²) in [5.74, 6) is 0.0471. The molecule has 17 heavy (non-hydrogen) atoms. The van der Waals surface area contributed by atoms with Crippen molar-refractivity contribution >= 4 is 23.4 Å². The van der Waals surface area contributed by atoms with Gasteiger partial charge >= 0.3 is 0 Å². The molecule has 5 heteroatoms. The van der Waals surface area contributed by atoms with E-state index in [2.05, 4.69) is 6.58 Å². The van der Waals surface area contributed by atoms with Crippen LogP contribution in [0.1, 0.15) is 26.2 Å². The van der Waals surface area contributed by atoms with Crippen molar-refractivity contribution in [2.75, 3.05) is 13.1 Å². The van der Waals surface area contributed by atoms with Crippen LogP contribution in [-0.4, -0.2) is 46.8 Å². The van der Waals surface area contributed by atoms with E-state index in [4.69, 9.17) is 11.6 Å². The van der Waals surface area contributed by atoms with E-state index in [1.807, 2.05) is 0 Å². The van der Waals surface area contributed by atoms with Gasteiger partial charge in [0.2, 0.25) is 11.8 Å². The van der Waals surface area contributed by atoms with Gasteiger partial charge in [0.25, 0.3) is 0 Å². The van der Waals surface area contributed by atoms with Crippen molar-refractivity contribution in [2.45, 2.75) is 38.3 Å². The third-order valence-electron chi connectivity index (χ3n) is 3.52. The predicted molar refractivity (Wildman–Crippen MR) is 65.5 cm³/mol. The van der Waals surface area contributed by atoms with Crippen molar-refractivity contribution in [3.63, 3.8) is 0 Å². The molecule has 0 bridgehead atoms. The van der Waals surface area contributed by atoms with E-state index in [1.54, 1.807) is 16.7 Å². The van der Waals surface area contributed by atoms with Crippen LogP contribution in [0.15, 0.2) is 11.6 Å². The van der Waals surface area contributed by atoms with E-state index in [-0.39, 0.29) is 24.4 Å². The second-order valence-corrected chi connectivity index (χ2v) is 5.24. The van der Waals surface area contributed by atoms with E-state index >= 15 is 0 Å². The lowest BCUT2D eigenvalue weighted by molar-refractivity contribution is -0.162. The van der Waals surface area contributed by atoms with Gasteiger partial charge in [0.05, 0.1) is 6.54 Å². The second kappa shape index (κ2) is 4.69. The maximum Gasteiger partial charge on any atom is 0.246 e. The lowest BCUT2D eigenvalue weighted by Crippen LogP contribution is -2.65. The number of rotatable bonds is 2. The van der Waals surface area contributed by atoms with Gasteiger partial charge in [0, 0.05) is 11.6 Å². The Morgan fingerprint density at radius 3 is 2.76 bits per heavy atom. The molecule has 0 aromatic carbocycles. The average Bonchev–Trinajstić information content (AvgIpc) is 2.31. The number of carbonyl (C=O) groups excluding carboxylic acids is 2. The monoisotopic (exact) mass is 256 g/mol. The lowest BCUT2D eigenvalue weighted by Gasteiger charge is -2.45. The van der Waals surface area contributed by atoms with Crippen LogP contribution in [0, 0.1) is 0 Å². The minimum Gasteiger partial charge on any atom is -0.329 e. The first-order chi connectivity index (χ1) is 8.02. The zero-order chi connectivity index (χ0) is 12.6. The number of piperidine rings is 1. The summed E-state index contributed by atoms with van der Waals surface area (Å²) in [5.41, 5.74) is 0. The maximum absolute atomic E-state index is 12.3. The number of amides is 2. The summed E-state index contributed by atoms with van der Waals surface area (Å²) in [6.07, 6.45) is 2.76. The van der Waals surface area contributed by atoms with Crippen LogP contribution in [0.2, 0.25) is 0 Å². The summed E-state index contributed by atoms with van der Waals surface area (Å²) in [5, 5.41) is 0.391. The number of nitrogens with zero attached hydrogens (tertiary/aromatic N) is 2. The number of fused-ring (bicyclic) bond motifs is 1. The minimum atomic E-state index is -0.424. The van der Waals surface area contributed by atoms with Crippen molar-refractivity contribution in [1.82, 2.24) is 9.80 Å². The molecule has 2 atom stereocenters. The standard InChI is InChI=1S/C12H17ClN2O2/c1-8(13)7-15-9(2)11(16)14-6-4-3-5-10(14)12(15)17/h9-10H,1,3-7H2,2H3. The van der Waals surface area contributed by atoms with Gasteiger partial charge in [0.15, 0.2) is 0 Å². The number of carbonyl (C=O) groups is 2. The third-order valence-corrected chi connectivity index (χ3v) is 3.64. The van der Waals surface area contributed by atoms with Crippen molar-refractivity contribution in [3.05, 3.63) is 11.6 Å². The number of hydrogen-bond acceptors (Lipinski definition) is 2. The van der Waals surface area contributed by atoms with Crippen molar-refractivity contribution in [2.24, 2.45) is 0 Å². The van der Waals surface area contributed by atoms with Gasteiger partial charge in [-0.1, -0.05) is 18.2 Å². The van der Waals surface area contributed by atoms with Crippen molar-refractivity contribution in [1.29, 1.82) is 0 Å².